The fourth-order valence-electron chi connectivity index (χ4n) is 3.09. The van der Waals surface area contributed by atoms with Crippen LogP contribution in [0.4, 0.5) is 0 Å². The lowest BCUT2D eigenvalue weighted by Crippen LogP contribution is -2.36. The summed E-state index contributed by atoms with van der Waals surface area (Å²) in [4.78, 5) is 33.3. The van der Waals surface area contributed by atoms with Crippen LogP contribution in [-0.4, -0.2) is 40.6 Å². The maximum Gasteiger partial charge on any atom is 0.263 e. The van der Waals surface area contributed by atoms with Crippen molar-refractivity contribution in [2.45, 2.75) is 13.5 Å². The topological polar surface area (TPSA) is 64.4 Å². The maximum absolute atomic E-state index is 13.0. The van der Waals surface area contributed by atoms with Crippen LogP contribution in [0.5, 0.6) is 5.75 Å². The Morgan fingerprint density at radius 2 is 2.10 bits per heavy atom. The molecule has 0 fully saturated rings. The molecule has 30 heavy (non-hydrogen) atoms. The third kappa shape index (κ3) is 4.29. The van der Waals surface area contributed by atoms with E-state index in [1.54, 1.807) is 23.3 Å². The van der Waals surface area contributed by atoms with E-state index in [1.807, 2.05) is 54.1 Å². The number of benzene rings is 1. The number of carbonyl (C=O) groups is 1. The molecule has 0 spiro atoms. The molecule has 1 aromatic carbocycles. The highest BCUT2D eigenvalue weighted by molar-refractivity contribution is 7.18. The molecule has 0 radical (unpaired) electrons. The van der Waals surface area contributed by atoms with E-state index in [4.69, 9.17) is 4.74 Å². The number of thiophene rings is 2. The average Bonchev–Trinajstić information content (AvgIpc) is 3.39. The van der Waals surface area contributed by atoms with Crippen LogP contribution in [0.3, 0.4) is 0 Å². The molecule has 4 rings (SSSR count). The molecule has 6 nitrogen and oxygen atoms in total. The molecular weight excluding hydrogens is 418 g/mol. The summed E-state index contributed by atoms with van der Waals surface area (Å²) in [6, 6.07) is 11.7. The van der Waals surface area contributed by atoms with Gasteiger partial charge in [0.15, 0.2) is 0 Å². The molecule has 0 bridgehead atoms. The van der Waals surface area contributed by atoms with Crippen LogP contribution in [-0.2, 0) is 11.3 Å². The van der Waals surface area contributed by atoms with E-state index in [1.165, 1.54) is 22.2 Å². The largest absolute Gasteiger partial charge is 0.492 e. The van der Waals surface area contributed by atoms with E-state index >= 15 is 0 Å². The first-order chi connectivity index (χ1) is 14.5. The van der Waals surface area contributed by atoms with Gasteiger partial charge in [0, 0.05) is 22.9 Å². The first kappa shape index (κ1) is 20.3. The summed E-state index contributed by atoms with van der Waals surface area (Å²) < 4.78 is 7.10. The van der Waals surface area contributed by atoms with E-state index in [-0.39, 0.29) is 18.0 Å². The molecule has 4 aromatic rings. The Labute approximate surface area is 182 Å². The number of nitrogens with zero attached hydrogens (tertiary/aromatic N) is 3. The zero-order chi connectivity index (χ0) is 21.1. The zero-order valence-corrected chi connectivity index (χ0v) is 18.3. The Morgan fingerprint density at radius 1 is 1.23 bits per heavy atom. The number of hydrogen-bond donors (Lipinski definition) is 0. The van der Waals surface area contributed by atoms with Gasteiger partial charge in [-0.2, -0.15) is 0 Å². The first-order valence-electron chi connectivity index (χ1n) is 9.47. The lowest BCUT2D eigenvalue weighted by atomic mass is 10.2. The number of hydrogen-bond acceptors (Lipinski definition) is 6. The number of likely N-dealkylation sites (N-methyl/N-ethyl adjacent to an activating group) is 1. The standard InChI is InChI=1S/C22H21N3O3S2/c1-15-5-3-6-16(11-15)28-9-8-24(2)19(26)12-25-14-23-21-20(22(25)27)17(13-30-21)18-7-4-10-29-18/h3-7,10-11,13-14H,8-9,12H2,1-2H3. The molecule has 0 saturated carbocycles. The molecule has 0 aliphatic rings. The van der Waals surface area contributed by atoms with Crippen molar-refractivity contribution in [2.24, 2.45) is 0 Å². The molecule has 1 amide bonds. The fraction of sp³-hybridized carbons (Fsp3) is 0.227. The van der Waals surface area contributed by atoms with E-state index in [0.29, 0.717) is 23.4 Å². The van der Waals surface area contributed by atoms with Gasteiger partial charge in [-0.05, 0) is 36.1 Å². The second-order valence-corrected chi connectivity index (χ2v) is 8.77. The van der Waals surface area contributed by atoms with Gasteiger partial charge in [0.05, 0.1) is 18.3 Å². The van der Waals surface area contributed by atoms with Crippen molar-refractivity contribution in [1.82, 2.24) is 14.5 Å². The van der Waals surface area contributed by atoms with Crippen LogP contribution in [0, 0.1) is 6.92 Å². The molecule has 0 N–H and O–H groups in total. The van der Waals surface area contributed by atoms with Crippen molar-refractivity contribution in [1.29, 1.82) is 0 Å². The Hall–Kier alpha value is -2.97. The second kappa shape index (κ2) is 8.81. The van der Waals surface area contributed by atoms with E-state index in [2.05, 4.69) is 4.98 Å². The summed E-state index contributed by atoms with van der Waals surface area (Å²) in [5.74, 6) is 0.610. The molecule has 3 aromatic heterocycles. The molecule has 154 valence electrons. The fourth-order valence-corrected chi connectivity index (χ4v) is 4.81. The minimum atomic E-state index is -0.192. The Bertz CT molecular complexity index is 1230. The van der Waals surface area contributed by atoms with Crippen molar-refractivity contribution in [3.8, 4) is 16.2 Å². The maximum atomic E-state index is 13.0. The molecule has 0 atom stereocenters. The van der Waals surface area contributed by atoms with Gasteiger partial charge >= 0.3 is 0 Å². The van der Waals surface area contributed by atoms with E-state index in [9.17, 15) is 9.59 Å². The number of fused-ring (bicyclic) bond motifs is 1. The van der Waals surface area contributed by atoms with E-state index in [0.717, 1.165) is 21.8 Å². The smallest absolute Gasteiger partial charge is 0.263 e. The Kier molecular flexibility index (Phi) is 5.96. The van der Waals surface area contributed by atoms with Gasteiger partial charge in [-0.1, -0.05) is 18.2 Å². The molecule has 0 aliphatic carbocycles. The van der Waals surface area contributed by atoms with Crippen molar-refractivity contribution >= 4 is 38.8 Å². The summed E-state index contributed by atoms with van der Waals surface area (Å²) in [6.07, 6.45) is 1.45. The minimum absolute atomic E-state index is 0.0531. The second-order valence-electron chi connectivity index (χ2n) is 6.96. The normalized spacial score (nSPS) is 11.0. The number of ether oxygens (including phenoxy) is 1. The highest BCUT2D eigenvalue weighted by Crippen LogP contribution is 2.33. The van der Waals surface area contributed by atoms with Crippen molar-refractivity contribution < 1.29 is 9.53 Å². The van der Waals surface area contributed by atoms with Crippen LogP contribution in [0.15, 0.2) is 58.3 Å². The van der Waals surface area contributed by atoms with Crippen LogP contribution >= 0.6 is 22.7 Å². The number of rotatable bonds is 7. The number of amides is 1. The summed E-state index contributed by atoms with van der Waals surface area (Å²) in [7, 11) is 1.71. The van der Waals surface area contributed by atoms with Crippen LogP contribution in [0.1, 0.15) is 5.56 Å². The van der Waals surface area contributed by atoms with E-state index < -0.39 is 0 Å². The molecule has 8 heteroatoms. The number of aromatic nitrogens is 2. The highest BCUT2D eigenvalue weighted by Gasteiger charge is 2.16. The number of aryl methyl sites for hydroxylation is 1. The zero-order valence-electron chi connectivity index (χ0n) is 16.7. The minimum Gasteiger partial charge on any atom is -0.492 e. The molecule has 0 saturated heterocycles. The van der Waals surface area contributed by atoms with Crippen molar-refractivity contribution in [3.05, 3.63) is 69.4 Å². The summed E-state index contributed by atoms with van der Waals surface area (Å²) in [5.41, 5.74) is 1.81. The predicted molar refractivity (Wildman–Crippen MR) is 122 cm³/mol. The van der Waals surface area contributed by atoms with Crippen molar-refractivity contribution in [2.75, 3.05) is 20.2 Å². The van der Waals surface area contributed by atoms with Gasteiger partial charge in [-0.3, -0.25) is 14.2 Å². The Morgan fingerprint density at radius 3 is 2.87 bits per heavy atom. The third-order valence-corrected chi connectivity index (χ3v) is 6.55. The monoisotopic (exact) mass is 439 g/mol. The molecule has 0 aliphatic heterocycles. The van der Waals surface area contributed by atoms with Gasteiger partial charge in [0.1, 0.15) is 23.7 Å². The Balaban J connectivity index is 1.44. The van der Waals surface area contributed by atoms with Crippen LogP contribution in [0.25, 0.3) is 20.7 Å². The lowest BCUT2D eigenvalue weighted by Gasteiger charge is -2.18. The van der Waals surface area contributed by atoms with Gasteiger partial charge < -0.3 is 9.64 Å². The van der Waals surface area contributed by atoms with Crippen LogP contribution in [0.2, 0.25) is 0 Å². The lowest BCUT2D eigenvalue weighted by molar-refractivity contribution is -0.130. The van der Waals surface area contributed by atoms with Crippen molar-refractivity contribution in [3.63, 3.8) is 0 Å². The SMILES string of the molecule is Cc1cccc(OCCN(C)C(=O)Cn2cnc3scc(-c4cccs4)c3c2=O)c1. The van der Waals surface area contributed by atoms with Gasteiger partial charge in [-0.15, -0.1) is 22.7 Å². The van der Waals surface area contributed by atoms with Gasteiger partial charge in [0.2, 0.25) is 5.91 Å². The van der Waals surface area contributed by atoms with Crippen LogP contribution < -0.4 is 10.3 Å². The average molecular weight is 440 g/mol. The third-order valence-electron chi connectivity index (χ3n) is 4.76. The first-order valence-corrected chi connectivity index (χ1v) is 11.2. The molecule has 0 unspecified atom stereocenters. The quantitative estimate of drug-likeness (QED) is 0.436. The highest BCUT2D eigenvalue weighted by atomic mass is 32.1. The summed E-state index contributed by atoms with van der Waals surface area (Å²) >= 11 is 3.02. The number of carbonyl (C=O) groups excluding carboxylic acids is 1. The molecular formula is C22H21N3O3S2. The van der Waals surface area contributed by atoms with Gasteiger partial charge in [0.25, 0.3) is 5.56 Å². The molecule has 3 heterocycles. The summed E-state index contributed by atoms with van der Waals surface area (Å²) in [5, 5.41) is 4.50. The van der Waals surface area contributed by atoms with Gasteiger partial charge in [-0.25, -0.2) is 4.98 Å². The predicted octanol–water partition coefficient (Wildman–Crippen LogP) is 4.03. The summed E-state index contributed by atoms with van der Waals surface area (Å²) in [6.45, 7) is 2.76.